The molecule has 20 heavy (non-hydrogen) atoms. The Hall–Kier alpha value is -1.86. The van der Waals surface area contributed by atoms with Crippen LogP contribution >= 0.6 is 0 Å². The maximum absolute atomic E-state index is 12.0. The zero-order chi connectivity index (χ0) is 14.6. The Balaban J connectivity index is 1.96. The van der Waals surface area contributed by atoms with Crippen LogP contribution in [-0.4, -0.2) is 23.2 Å². The van der Waals surface area contributed by atoms with Crippen molar-refractivity contribution in [3.63, 3.8) is 0 Å². The molecule has 0 aliphatic heterocycles. The third-order valence-electron chi connectivity index (χ3n) is 3.90. The van der Waals surface area contributed by atoms with Gasteiger partial charge in [0.25, 0.3) is 5.91 Å². The van der Waals surface area contributed by atoms with Crippen LogP contribution in [0.3, 0.4) is 0 Å². The van der Waals surface area contributed by atoms with E-state index >= 15 is 0 Å². The first-order chi connectivity index (χ1) is 9.52. The van der Waals surface area contributed by atoms with E-state index in [2.05, 4.69) is 12.2 Å². The van der Waals surface area contributed by atoms with Crippen molar-refractivity contribution in [2.24, 2.45) is 5.92 Å². The molecule has 0 aromatic heterocycles. The Labute approximate surface area is 119 Å². The summed E-state index contributed by atoms with van der Waals surface area (Å²) < 4.78 is 0. The van der Waals surface area contributed by atoms with E-state index in [1.165, 1.54) is 0 Å². The van der Waals surface area contributed by atoms with Crippen molar-refractivity contribution in [1.29, 1.82) is 5.26 Å². The summed E-state index contributed by atoms with van der Waals surface area (Å²) in [5.41, 5.74) is 0.124. The number of hydrogen-bond donors (Lipinski definition) is 2. The molecule has 0 radical (unpaired) electrons. The predicted molar refractivity (Wildman–Crippen MR) is 76.1 cm³/mol. The van der Waals surface area contributed by atoms with Crippen molar-refractivity contribution >= 4 is 5.91 Å². The molecule has 2 atom stereocenters. The van der Waals surface area contributed by atoms with E-state index in [0.29, 0.717) is 17.0 Å². The Kier molecular flexibility index (Phi) is 4.41. The summed E-state index contributed by atoms with van der Waals surface area (Å²) in [6.07, 6.45) is 3.60. The van der Waals surface area contributed by atoms with Gasteiger partial charge in [0.2, 0.25) is 0 Å². The summed E-state index contributed by atoms with van der Waals surface area (Å²) >= 11 is 0. The fraction of sp³-hybridized carbons (Fsp3) is 0.500. The molecule has 0 spiro atoms. The summed E-state index contributed by atoms with van der Waals surface area (Å²) in [4.78, 5) is 12.0. The van der Waals surface area contributed by atoms with Crippen LogP contribution in [0.2, 0.25) is 0 Å². The number of benzene rings is 1. The summed E-state index contributed by atoms with van der Waals surface area (Å²) in [5.74, 6) is 0.251. The largest absolute Gasteiger partial charge is 0.388 e. The van der Waals surface area contributed by atoms with Gasteiger partial charge in [0.15, 0.2) is 0 Å². The molecule has 1 aliphatic rings. The minimum Gasteiger partial charge on any atom is -0.388 e. The molecule has 2 rings (SSSR count). The van der Waals surface area contributed by atoms with Gasteiger partial charge in [0.05, 0.1) is 17.2 Å². The normalized spacial score (nSPS) is 25.8. The molecule has 0 bridgehead atoms. The highest BCUT2D eigenvalue weighted by Gasteiger charge is 2.32. The Morgan fingerprint density at radius 3 is 3.10 bits per heavy atom. The van der Waals surface area contributed by atoms with E-state index in [1.807, 2.05) is 6.07 Å². The number of nitriles is 1. The fourth-order valence-electron chi connectivity index (χ4n) is 2.87. The molecule has 4 nitrogen and oxygen atoms in total. The van der Waals surface area contributed by atoms with Crippen LogP contribution in [0.4, 0.5) is 0 Å². The molecule has 2 N–H and O–H groups in total. The van der Waals surface area contributed by atoms with Crippen molar-refractivity contribution in [1.82, 2.24) is 5.32 Å². The lowest BCUT2D eigenvalue weighted by Crippen LogP contribution is -2.45. The third kappa shape index (κ3) is 3.58. The first-order valence-electron chi connectivity index (χ1n) is 7.03. The maximum atomic E-state index is 12.0. The molecule has 4 heteroatoms. The van der Waals surface area contributed by atoms with E-state index in [4.69, 9.17) is 5.26 Å². The first-order valence-corrected chi connectivity index (χ1v) is 7.03. The second kappa shape index (κ2) is 6.06. The van der Waals surface area contributed by atoms with Crippen LogP contribution in [0.1, 0.15) is 48.5 Å². The zero-order valence-electron chi connectivity index (χ0n) is 11.7. The van der Waals surface area contributed by atoms with E-state index in [9.17, 15) is 9.90 Å². The van der Waals surface area contributed by atoms with Gasteiger partial charge in [0.1, 0.15) is 0 Å². The molecular weight excluding hydrogens is 252 g/mol. The SMILES string of the molecule is CC1CCCC(O)(CNC(=O)c2cccc(C#N)c2)C1. The minimum atomic E-state index is -0.792. The predicted octanol–water partition coefficient (Wildman–Crippen LogP) is 2.23. The number of carbonyl (C=O) groups is 1. The van der Waals surface area contributed by atoms with Crippen LogP contribution in [0.25, 0.3) is 0 Å². The summed E-state index contributed by atoms with van der Waals surface area (Å²) in [7, 11) is 0. The van der Waals surface area contributed by atoms with Crippen molar-refractivity contribution < 1.29 is 9.90 Å². The van der Waals surface area contributed by atoms with Crippen molar-refractivity contribution in [2.75, 3.05) is 6.54 Å². The lowest BCUT2D eigenvalue weighted by atomic mass is 9.79. The molecule has 1 fully saturated rings. The highest BCUT2D eigenvalue weighted by molar-refractivity contribution is 5.94. The molecule has 1 aromatic rings. The lowest BCUT2D eigenvalue weighted by Gasteiger charge is -2.35. The molecule has 2 unspecified atom stereocenters. The Morgan fingerprint density at radius 2 is 2.40 bits per heavy atom. The number of nitrogens with one attached hydrogen (secondary N) is 1. The molecular formula is C16H20N2O2. The van der Waals surface area contributed by atoms with Gasteiger partial charge >= 0.3 is 0 Å². The van der Waals surface area contributed by atoms with Crippen LogP contribution in [0, 0.1) is 17.2 Å². The monoisotopic (exact) mass is 272 g/mol. The molecule has 1 amide bonds. The molecule has 0 saturated heterocycles. The number of amides is 1. The quantitative estimate of drug-likeness (QED) is 0.886. The van der Waals surface area contributed by atoms with Gasteiger partial charge in [-0.3, -0.25) is 4.79 Å². The average Bonchev–Trinajstić information content (AvgIpc) is 2.44. The molecule has 106 valence electrons. The smallest absolute Gasteiger partial charge is 0.251 e. The standard InChI is InChI=1S/C16H20N2O2/c1-12-4-3-7-16(20,9-12)11-18-15(19)14-6-2-5-13(8-14)10-17/h2,5-6,8,12,20H,3-4,7,9,11H2,1H3,(H,18,19). The van der Waals surface area contributed by atoms with E-state index in [0.717, 1.165) is 25.7 Å². The van der Waals surface area contributed by atoms with Gasteiger partial charge in [0, 0.05) is 12.1 Å². The van der Waals surface area contributed by atoms with Gasteiger partial charge in [-0.15, -0.1) is 0 Å². The first kappa shape index (κ1) is 14.5. The minimum absolute atomic E-state index is 0.242. The number of rotatable bonds is 3. The van der Waals surface area contributed by atoms with Gasteiger partial charge in [-0.25, -0.2) is 0 Å². The Bertz CT molecular complexity index is 536. The van der Waals surface area contributed by atoms with Crippen LogP contribution in [0.5, 0.6) is 0 Å². The molecule has 0 heterocycles. The van der Waals surface area contributed by atoms with Crippen molar-refractivity contribution in [2.45, 2.75) is 38.2 Å². The van der Waals surface area contributed by atoms with E-state index in [1.54, 1.807) is 24.3 Å². The highest BCUT2D eigenvalue weighted by atomic mass is 16.3. The topological polar surface area (TPSA) is 73.1 Å². The number of hydrogen-bond acceptors (Lipinski definition) is 3. The second-order valence-electron chi connectivity index (χ2n) is 5.80. The fourth-order valence-corrected chi connectivity index (χ4v) is 2.87. The van der Waals surface area contributed by atoms with Crippen molar-refractivity contribution in [3.05, 3.63) is 35.4 Å². The summed E-state index contributed by atoms with van der Waals surface area (Å²) in [5, 5.41) is 22.1. The maximum Gasteiger partial charge on any atom is 0.251 e. The van der Waals surface area contributed by atoms with E-state index in [-0.39, 0.29) is 12.5 Å². The Morgan fingerprint density at radius 1 is 1.60 bits per heavy atom. The van der Waals surface area contributed by atoms with Gasteiger partial charge in [-0.1, -0.05) is 25.8 Å². The summed E-state index contributed by atoms with van der Waals surface area (Å²) in [6.45, 7) is 2.40. The molecule has 1 aromatic carbocycles. The second-order valence-corrected chi connectivity index (χ2v) is 5.80. The number of carbonyl (C=O) groups excluding carboxylic acids is 1. The number of nitrogens with zero attached hydrogens (tertiary/aromatic N) is 1. The summed E-state index contributed by atoms with van der Waals surface area (Å²) in [6, 6.07) is 8.59. The van der Waals surface area contributed by atoms with Crippen LogP contribution in [0.15, 0.2) is 24.3 Å². The van der Waals surface area contributed by atoms with Gasteiger partial charge in [-0.05, 0) is 37.0 Å². The van der Waals surface area contributed by atoms with Gasteiger partial charge in [-0.2, -0.15) is 5.26 Å². The van der Waals surface area contributed by atoms with Gasteiger partial charge < -0.3 is 10.4 Å². The van der Waals surface area contributed by atoms with Crippen LogP contribution < -0.4 is 5.32 Å². The third-order valence-corrected chi connectivity index (χ3v) is 3.90. The molecule has 1 aliphatic carbocycles. The highest BCUT2D eigenvalue weighted by Crippen LogP contribution is 2.31. The molecule has 1 saturated carbocycles. The zero-order valence-corrected chi connectivity index (χ0v) is 11.7. The average molecular weight is 272 g/mol. The van der Waals surface area contributed by atoms with Crippen molar-refractivity contribution in [3.8, 4) is 6.07 Å². The van der Waals surface area contributed by atoms with Crippen LogP contribution in [-0.2, 0) is 0 Å². The lowest BCUT2D eigenvalue weighted by molar-refractivity contribution is -0.0109. The number of aliphatic hydroxyl groups is 1. The van der Waals surface area contributed by atoms with E-state index < -0.39 is 5.60 Å².